The van der Waals surface area contributed by atoms with E-state index in [4.69, 9.17) is 16.9 Å². The molecule has 0 atom stereocenters. The molecule has 0 spiro atoms. The van der Waals surface area contributed by atoms with E-state index in [-0.39, 0.29) is 17.3 Å². The molecule has 0 aromatic heterocycles. The van der Waals surface area contributed by atoms with Gasteiger partial charge >= 0.3 is 0 Å². The average Bonchev–Trinajstić information content (AvgIpc) is 2.41. The molecule has 0 bridgehead atoms. The van der Waals surface area contributed by atoms with Crippen molar-refractivity contribution >= 4 is 17.5 Å². The molecule has 0 unspecified atom stereocenters. The molecule has 6 heteroatoms. The Bertz CT molecular complexity index is 511. The number of alkyl halides is 1. The Morgan fingerprint density at radius 3 is 2.95 bits per heavy atom. The van der Waals surface area contributed by atoms with Crippen LogP contribution in [-0.2, 0) is 11.3 Å². The lowest BCUT2D eigenvalue weighted by atomic mass is 10.2. The van der Waals surface area contributed by atoms with Gasteiger partial charge in [-0.15, -0.1) is 11.6 Å². The summed E-state index contributed by atoms with van der Waals surface area (Å²) in [6.45, 7) is 0.620. The number of carbonyl (C=O) groups excluding carboxylic acids is 1. The molecule has 0 aliphatic carbocycles. The molecule has 0 saturated carbocycles. The third-order valence-corrected chi connectivity index (χ3v) is 2.38. The fourth-order valence-corrected chi connectivity index (χ4v) is 1.42. The van der Waals surface area contributed by atoms with E-state index in [0.29, 0.717) is 13.1 Å². The van der Waals surface area contributed by atoms with Crippen LogP contribution >= 0.6 is 11.6 Å². The Labute approximate surface area is 115 Å². The number of nitrogens with one attached hydrogen (secondary N) is 2. The van der Waals surface area contributed by atoms with Gasteiger partial charge in [0.15, 0.2) is 0 Å². The van der Waals surface area contributed by atoms with Crippen LogP contribution in [0.15, 0.2) is 36.0 Å². The van der Waals surface area contributed by atoms with Crippen LogP contribution in [0.4, 0.5) is 4.39 Å². The standard InChI is InChI=1S/C13H13ClFN3O/c14-4-5-18-13(19)11(7-16)9-17-8-10-2-1-3-12(15)6-10/h1-3,6,9,17H,4-5,8H2,(H,18,19)/b11-9-. The first kappa shape index (κ1) is 15.0. The summed E-state index contributed by atoms with van der Waals surface area (Å²) < 4.78 is 12.9. The zero-order valence-corrected chi connectivity index (χ0v) is 10.9. The summed E-state index contributed by atoms with van der Waals surface area (Å²) in [4.78, 5) is 11.5. The van der Waals surface area contributed by atoms with Gasteiger partial charge < -0.3 is 10.6 Å². The van der Waals surface area contributed by atoms with Gasteiger partial charge in [0.05, 0.1) is 0 Å². The number of nitriles is 1. The van der Waals surface area contributed by atoms with Crippen LogP contribution in [0, 0.1) is 17.1 Å². The predicted octanol–water partition coefficient (Wildman–Crippen LogP) is 1.68. The lowest BCUT2D eigenvalue weighted by Crippen LogP contribution is -2.27. The third kappa shape index (κ3) is 5.40. The van der Waals surface area contributed by atoms with Crippen molar-refractivity contribution in [3.8, 4) is 6.07 Å². The minimum Gasteiger partial charge on any atom is -0.386 e. The number of halogens is 2. The number of benzene rings is 1. The highest BCUT2D eigenvalue weighted by Gasteiger charge is 2.07. The molecule has 0 aliphatic rings. The number of hydrogen-bond acceptors (Lipinski definition) is 3. The summed E-state index contributed by atoms with van der Waals surface area (Å²) in [7, 11) is 0. The summed E-state index contributed by atoms with van der Waals surface area (Å²) in [5.41, 5.74) is 0.663. The predicted molar refractivity (Wildman–Crippen MR) is 70.7 cm³/mol. The van der Waals surface area contributed by atoms with E-state index in [9.17, 15) is 9.18 Å². The molecule has 1 rings (SSSR count). The smallest absolute Gasteiger partial charge is 0.263 e. The summed E-state index contributed by atoms with van der Waals surface area (Å²) in [5.74, 6) is -0.542. The normalized spacial score (nSPS) is 10.7. The van der Waals surface area contributed by atoms with Crippen LogP contribution in [-0.4, -0.2) is 18.3 Å². The number of nitrogens with zero attached hydrogens (tertiary/aromatic N) is 1. The first-order chi connectivity index (χ1) is 9.17. The molecule has 0 aliphatic heterocycles. The van der Waals surface area contributed by atoms with Crippen molar-refractivity contribution in [2.45, 2.75) is 6.54 Å². The molecule has 0 saturated heterocycles. The van der Waals surface area contributed by atoms with Crippen molar-refractivity contribution in [2.24, 2.45) is 0 Å². The lowest BCUT2D eigenvalue weighted by molar-refractivity contribution is -0.117. The molecule has 1 aromatic rings. The van der Waals surface area contributed by atoms with E-state index in [0.717, 1.165) is 5.56 Å². The molecule has 100 valence electrons. The van der Waals surface area contributed by atoms with Gasteiger partial charge in [-0.1, -0.05) is 12.1 Å². The first-order valence-corrected chi connectivity index (χ1v) is 6.13. The van der Waals surface area contributed by atoms with E-state index in [1.807, 2.05) is 0 Å². The Balaban J connectivity index is 2.54. The van der Waals surface area contributed by atoms with E-state index in [1.54, 1.807) is 18.2 Å². The highest BCUT2D eigenvalue weighted by atomic mass is 35.5. The summed E-state index contributed by atoms with van der Waals surface area (Å²) in [6, 6.07) is 7.83. The molecule has 1 amide bonds. The second-order valence-corrected chi connectivity index (χ2v) is 4.00. The number of amides is 1. The molecular formula is C13H13ClFN3O. The van der Waals surface area contributed by atoms with Crippen molar-refractivity contribution in [3.05, 3.63) is 47.4 Å². The number of rotatable bonds is 6. The van der Waals surface area contributed by atoms with Gasteiger partial charge in [0, 0.05) is 25.2 Å². The Hall–Kier alpha value is -2.06. The van der Waals surface area contributed by atoms with Crippen LogP contribution in [0.1, 0.15) is 5.56 Å². The summed E-state index contributed by atoms with van der Waals surface area (Å²) in [5, 5.41) is 14.1. The van der Waals surface area contributed by atoms with Crippen LogP contribution in [0.5, 0.6) is 0 Å². The molecule has 0 radical (unpaired) electrons. The van der Waals surface area contributed by atoms with Crippen LogP contribution in [0.3, 0.4) is 0 Å². The fourth-order valence-electron chi connectivity index (χ4n) is 1.32. The average molecular weight is 282 g/mol. The number of carbonyl (C=O) groups is 1. The molecule has 0 heterocycles. The highest BCUT2D eigenvalue weighted by Crippen LogP contribution is 2.03. The van der Waals surface area contributed by atoms with Crippen molar-refractivity contribution < 1.29 is 9.18 Å². The molecule has 1 aromatic carbocycles. The van der Waals surface area contributed by atoms with E-state index >= 15 is 0 Å². The van der Waals surface area contributed by atoms with Crippen molar-refractivity contribution in [1.29, 1.82) is 5.26 Å². The maximum atomic E-state index is 12.9. The second kappa shape index (κ2) is 8.11. The Morgan fingerprint density at radius 1 is 1.53 bits per heavy atom. The van der Waals surface area contributed by atoms with Crippen molar-refractivity contribution in [2.75, 3.05) is 12.4 Å². The monoisotopic (exact) mass is 281 g/mol. The maximum absolute atomic E-state index is 12.9. The summed E-state index contributed by atoms with van der Waals surface area (Å²) in [6.07, 6.45) is 1.30. The van der Waals surface area contributed by atoms with Crippen molar-refractivity contribution in [3.63, 3.8) is 0 Å². The largest absolute Gasteiger partial charge is 0.386 e. The maximum Gasteiger partial charge on any atom is 0.263 e. The molecular weight excluding hydrogens is 269 g/mol. The second-order valence-electron chi connectivity index (χ2n) is 3.63. The zero-order chi connectivity index (χ0) is 14.1. The SMILES string of the molecule is N#C/C(=C/NCc1cccc(F)c1)C(=O)NCCCl. The number of hydrogen-bond donors (Lipinski definition) is 2. The molecule has 4 nitrogen and oxygen atoms in total. The van der Waals surface area contributed by atoms with Gasteiger partial charge in [0.2, 0.25) is 0 Å². The van der Waals surface area contributed by atoms with Gasteiger partial charge in [-0.25, -0.2) is 4.39 Å². The van der Waals surface area contributed by atoms with E-state index in [2.05, 4.69) is 10.6 Å². The van der Waals surface area contributed by atoms with Crippen molar-refractivity contribution in [1.82, 2.24) is 10.6 Å². The lowest BCUT2D eigenvalue weighted by Gasteiger charge is -2.04. The van der Waals surface area contributed by atoms with Gasteiger partial charge in [0.25, 0.3) is 5.91 Å². The van der Waals surface area contributed by atoms with E-state index < -0.39 is 5.91 Å². The molecule has 2 N–H and O–H groups in total. The van der Waals surface area contributed by atoms with Crippen LogP contribution < -0.4 is 10.6 Å². The van der Waals surface area contributed by atoms with Gasteiger partial charge in [-0.2, -0.15) is 5.26 Å². The quantitative estimate of drug-likeness (QED) is 0.474. The molecule has 19 heavy (non-hydrogen) atoms. The zero-order valence-electron chi connectivity index (χ0n) is 10.1. The Kier molecular flexibility index (Phi) is 6.41. The Morgan fingerprint density at radius 2 is 2.32 bits per heavy atom. The third-order valence-electron chi connectivity index (χ3n) is 2.19. The van der Waals surface area contributed by atoms with Gasteiger partial charge in [-0.3, -0.25) is 4.79 Å². The van der Waals surface area contributed by atoms with E-state index in [1.165, 1.54) is 18.3 Å². The van der Waals surface area contributed by atoms with Gasteiger partial charge in [0.1, 0.15) is 17.5 Å². The van der Waals surface area contributed by atoms with Crippen LogP contribution in [0.25, 0.3) is 0 Å². The summed E-state index contributed by atoms with van der Waals surface area (Å²) >= 11 is 5.42. The van der Waals surface area contributed by atoms with Crippen LogP contribution in [0.2, 0.25) is 0 Å². The minimum atomic E-state index is -0.491. The fraction of sp³-hybridized carbons (Fsp3) is 0.231. The topological polar surface area (TPSA) is 64.9 Å². The minimum absolute atomic E-state index is 0.0541. The molecule has 0 fully saturated rings. The highest BCUT2D eigenvalue weighted by molar-refractivity contribution is 6.18. The van der Waals surface area contributed by atoms with Gasteiger partial charge in [-0.05, 0) is 17.7 Å². The first-order valence-electron chi connectivity index (χ1n) is 5.59.